The lowest BCUT2D eigenvalue weighted by molar-refractivity contribution is -0.136. The molecule has 0 aromatic rings. The van der Waals surface area contributed by atoms with Gasteiger partial charge in [0.15, 0.2) is 0 Å². The molecule has 0 radical (unpaired) electrons. The smallest absolute Gasteiger partial charge is 0.253 e. The van der Waals surface area contributed by atoms with Gasteiger partial charge in [0.2, 0.25) is 5.91 Å². The molecule has 0 aliphatic carbocycles. The van der Waals surface area contributed by atoms with Crippen molar-refractivity contribution in [1.82, 2.24) is 9.80 Å². The number of likely N-dealkylation sites (tertiary alicyclic amines) is 1. The Balaban J connectivity index is 1.63. The summed E-state index contributed by atoms with van der Waals surface area (Å²) in [4.78, 5) is 37.6. The number of nitrogens with zero attached hydrogens (tertiary/aromatic N) is 2. The zero-order valence-corrected chi connectivity index (χ0v) is 11.3. The molecular weight excluding hydrogens is 244 g/mol. The molecular formula is C14H20N2O3. The highest BCUT2D eigenvalue weighted by Gasteiger charge is 2.24. The van der Waals surface area contributed by atoms with Crippen LogP contribution in [0.2, 0.25) is 0 Å². The minimum atomic E-state index is -0.246. The highest BCUT2D eigenvalue weighted by Crippen LogP contribution is 2.16. The van der Waals surface area contributed by atoms with Crippen LogP contribution in [0.5, 0.6) is 0 Å². The second-order valence-corrected chi connectivity index (χ2v) is 5.35. The Morgan fingerprint density at radius 3 is 2.53 bits per heavy atom. The lowest BCUT2D eigenvalue weighted by Gasteiger charge is -2.16. The van der Waals surface area contributed by atoms with Crippen LogP contribution in [0.1, 0.15) is 32.6 Å². The van der Waals surface area contributed by atoms with Crippen LogP contribution in [0, 0.1) is 5.92 Å². The van der Waals surface area contributed by atoms with E-state index in [2.05, 4.69) is 6.92 Å². The molecule has 1 saturated heterocycles. The lowest BCUT2D eigenvalue weighted by atomic mass is 10.2. The van der Waals surface area contributed by atoms with Gasteiger partial charge in [-0.15, -0.1) is 0 Å². The number of imide groups is 1. The van der Waals surface area contributed by atoms with E-state index in [0.29, 0.717) is 25.3 Å². The maximum atomic E-state index is 11.9. The quantitative estimate of drug-likeness (QED) is 0.549. The summed E-state index contributed by atoms with van der Waals surface area (Å²) in [6.07, 6.45) is 5.60. The van der Waals surface area contributed by atoms with Crippen LogP contribution in [0.25, 0.3) is 0 Å². The highest BCUT2D eigenvalue weighted by atomic mass is 16.2. The zero-order chi connectivity index (χ0) is 13.8. The predicted octanol–water partition coefficient (Wildman–Crippen LogP) is 0.950. The molecule has 0 aromatic carbocycles. The van der Waals surface area contributed by atoms with Gasteiger partial charge in [0, 0.05) is 38.2 Å². The van der Waals surface area contributed by atoms with Crippen LogP contribution in [-0.2, 0) is 14.4 Å². The Labute approximate surface area is 113 Å². The van der Waals surface area contributed by atoms with Gasteiger partial charge < -0.3 is 4.90 Å². The van der Waals surface area contributed by atoms with Gasteiger partial charge in [-0.3, -0.25) is 19.3 Å². The van der Waals surface area contributed by atoms with Gasteiger partial charge >= 0.3 is 0 Å². The van der Waals surface area contributed by atoms with Crippen molar-refractivity contribution in [3.63, 3.8) is 0 Å². The average molecular weight is 264 g/mol. The van der Waals surface area contributed by atoms with Crippen LogP contribution < -0.4 is 0 Å². The third-order valence-electron chi connectivity index (χ3n) is 3.70. The van der Waals surface area contributed by atoms with Gasteiger partial charge in [0.25, 0.3) is 11.8 Å². The van der Waals surface area contributed by atoms with Crippen molar-refractivity contribution in [2.75, 3.05) is 19.6 Å². The minimum absolute atomic E-state index is 0.196. The maximum absolute atomic E-state index is 11.9. The number of carbonyl (C=O) groups excluding carboxylic acids is 3. The van der Waals surface area contributed by atoms with E-state index in [0.717, 1.165) is 25.9 Å². The molecule has 104 valence electrons. The summed E-state index contributed by atoms with van der Waals surface area (Å²) in [6, 6.07) is 0. The first-order chi connectivity index (χ1) is 9.08. The van der Waals surface area contributed by atoms with Gasteiger partial charge in [-0.05, 0) is 25.2 Å². The van der Waals surface area contributed by atoms with E-state index < -0.39 is 0 Å². The van der Waals surface area contributed by atoms with Crippen molar-refractivity contribution in [3.8, 4) is 0 Å². The monoisotopic (exact) mass is 264 g/mol. The van der Waals surface area contributed by atoms with E-state index in [9.17, 15) is 14.4 Å². The highest BCUT2D eigenvalue weighted by molar-refractivity contribution is 6.12. The molecule has 2 aliphatic rings. The van der Waals surface area contributed by atoms with Crippen molar-refractivity contribution in [3.05, 3.63) is 12.2 Å². The number of hydrogen-bond acceptors (Lipinski definition) is 3. The molecule has 0 spiro atoms. The molecule has 5 heteroatoms. The van der Waals surface area contributed by atoms with Gasteiger partial charge in [0.05, 0.1) is 0 Å². The van der Waals surface area contributed by atoms with Crippen LogP contribution >= 0.6 is 0 Å². The second-order valence-electron chi connectivity index (χ2n) is 5.35. The summed E-state index contributed by atoms with van der Waals surface area (Å²) in [5, 5.41) is 0. The third-order valence-corrected chi connectivity index (χ3v) is 3.70. The Bertz CT molecular complexity index is 399. The van der Waals surface area contributed by atoms with Gasteiger partial charge in [-0.2, -0.15) is 0 Å². The van der Waals surface area contributed by atoms with Crippen molar-refractivity contribution in [2.45, 2.75) is 32.6 Å². The van der Waals surface area contributed by atoms with Gasteiger partial charge in [-0.1, -0.05) is 6.92 Å². The number of amides is 3. The summed E-state index contributed by atoms with van der Waals surface area (Å²) in [7, 11) is 0. The Hall–Kier alpha value is -1.65. The maximum Gasteiger partial charge on any atom is 0.253 e. The first-order valence-corrected chi connectivity index (χ1v) is 6.89. The standard InChI is InChI=1S/C14H20N2O3/c1-11-7-9-15(10-11)12(17)4-2-3-8-16-13(18)5-6-14(16)19/h5-6,11H,2-4,7-10H2,1H3/t11-/m0/s1. The number of unbranched alkanes of at least 4 members (excludes halogenated alkanes) is 1. The van der Waals surface area contributed by atoms with Crippen molar-refractivity contribution in [1.29, 1.82) is 0 Å². The lowest BCUT2D eigenvalue weighted by Crippen LogP contribution is -2.31. The fourth-order valence-corrected chi connectivity index (χ4v) is 2.52. The molecule has 1 fully saturated rings. The molecule has 2 aliphatic heterocycles. The number of carbonyl (C=O) groups is 3. The number of rotatable bonds is 5. The zero-order valence-electron chi connectivity index (χ0n) is 11.3. The first-order valence-electron chi connectivity index (χ1n) is 6.89. The summed E-state index contributed by atoms with van der Waals surface area (Å²) in [6.45, 7) is 4.30. The molecule has 0 saturated carbocycles. The van der Waals surface area contributed by atoms with E-state index >= 15 is 0 Å². The average Bonchev–Trinajstić information content (AvgIpc) is 2.94. The van der Waals surface area contributed by atoms with E-state index in [1.165, 1.54) is 17.1 Å². The van der Waals surface area contributed by atoms with Crippen LogP contribution in [0.15, 0.2) is 12.2 Å². The van der Waals surface area contributed by atoms with Crippen LogP contribution in [-0.4, -0.2) is 47.2 Å². The number of hydrogen-bond donors (Lipinski definition) is 0. The van der Waals surface area contributed by atoms with Crippen LogP contribution in [0.3, 0.4) is 0 Å². The summed E-state index contributed by atoms with van der Waals surface area (Å²) in [5.41, 5.74) is 0. The van der Waals surface area contributed by atoms with E-state index in [4.69, 9.17) is 0 Å². The normalized spacial score (nSPS) is 22.7. The van der Waals surface area contributed by atoms with E-state index in [-0.39, 0.29) is 17.7 Å². The molecule has 2 heterocycles. The third kappa shape index (κ3) is 3.43. The topological polar surface area (TPSA) is 57.7 Å². The Morgan fingerprint density at radius 1 is 1.26 bits per heavy atom. The molecule has 0 N–H and O–H groups in total. The fraction of sp³-hybridized carbons (Fsp3) is 0.643. The molecule has 5 nitrogen and oxygen atoms in total. The summed E-state index contributed by atoms with van der Waals surface area (Å²) >= 11 is 0. The van der Waals surface area contributed by atoms with Crippen molar-refractivity contribution < 1.29 is 14.4 Å². The summed E-state index contributed by atoms with van der Waals surface area (Å²) in [5.74, 6) is 0.311. The summed E-state index contributed by atoms with van der Waals surface area (Å²) < 4.78 is 0. The van der Waals surface area contributed by atoms with Gasteiger partial charge in [0.1, 0.15) is 0 Å². The van der Waals surface area contributed by atoms with Crippen LogP contribution in [0.4, 0.5) is 0 Å². The SMILES string of the molecule is C[C@H]1CCN(C(=O)CCCCN2C(=O)C=CC2=O)C1. The molecule has 2 rings (SSSR count). The van der Waals surface area contributed by atoms with E-state index in [1.54, 1.807) is 0 Å². The van der Waals surface area contributed by atoms with Crippen molar-refractivity contribution >= 4 is 17.7 Å². The fourth-order valence-electron chi connectivity index (χ4n) is 2.52. The molecule has 1 atom stereocenters. The Morgan fingerprint density at radius 2 is 1.95 bits per heavy atom. The Kier molecular flexibility index (Phi) is 4.35. The van der Waals surface area contributed by atoms with Gasteiger partial charge in [-0.25, -0.2) is 0 Å². The first kappa shape index (κ1) is 13.8. The molecule has 19 heavy (non-hydrogen) atoms. The molecule has 0 unspecified atom stereocenters. The molecule has 0 aromatic heterocycles. The van der Waals surface area contributed by atoms with Crippen molar-refractivity contribution in [2.24, 2.45) is 5.92 Å². The largest absolute Gasteiger partial charge is 0.342 e. The minimum Gasteiger partial charge on any atom is -0.342 e. The predicted molar refractivity (Wildman–Crippen MR) is 70.1 cm³/mol. The van der Waals surface area contributed by atoms with E-state index in [1.807, 2.05) is 4.90 Å². The molecule has 3 amide bonds. The molecule has 0 bridgehead atoms. The second kappa shape index (κ2) is 5.99.